The van der Waals surface area contributed by atoms with E-state index in [-0.39, 0.29) is 23.2 Å². The standard InChI is InChI=1S/C17H19N7O4/c1-7-5-19-13(20-7)16(26)22-10-6-18-11(8(10)2)15(25)24-12-9(3)21-14(23-12)17(27)28-4/h5-6,18H,1-4H3,(H,19,20)(H,21,23)(H,22,26)(H,24,25). The molecule has 0 saturated carbocycles. The van der Waals surface area contributed by atoms with E-state index >= 15 is 0 Å². The van der Waals surface area contributed by atoms with E-state index in [9.17, 15) is 14.4 Å². The second-order valence-electron chi connectivity index (χ2n) is 6.05. The molecule has 146 valence electrons. The molecule has 0 spiro atoms. The second kappa shape index (κ2) is 7.39. The van der Waals surface area contributed by atoms with Crippen LogP contribution in [0.1, 0.15) is 48.7 Å². The quantitative estimate of drug-likeness (QED) is 0.420. The molecule has 11 heteroatoms. The largest absolute Gasteiger partial charge is 0.463 e. The van der Waals surface area contributed by atoms with Crippen molar-refractivity contribution < 1.29 is 19.1 Å². The van der Waals surface area contributed by atoms with Crippen molar-refractivity contribution in [1.29, 1.82) is 0 Å². The second-order valence-corrected chi connectivity index (χ2v) is 6.05. The van der Waals surface area contributed by atoms with Crippen molar-refractivity contribution in [3.8, 4) is 0 Å². The number of rotatable bonds is 5. The molecule has 0 aliphatic heterocycles. The van der Waals surface area contributed by atoms with Crippen LogP contribution in [0.5, 0.6) is 0 Å². The van der Waals surface area contributed by atoms with Crippen LogP contribution in [0.4, 0.5) is 11.5 Å². The first-order valence-corrected chi connectivity index (χ1v) is 8.27. The highest BCUT2D eigenvalue weighted by Crippen LogP contribution is 2.21. The molecule has 5 N–H and O–H groups in total. The molecule has 0 aliphatic rings. The van der Waals surface area contributed by atoms with Gasteiger partial charge >= 0.3 is 5.97 Å². The molecule has 0 bridgehead atoms. The predicted octanol–water partition coefficient (Wildman–Crippen LogP) is 1.68. The Bertz CT molecular complexity index is 1060. The maximum Gasteiger partial charge on any atom is 0.374 e. The zero-order chi connectivity index (χ0) is 20.4. The maximum absolute atomic E-state index is 12.6. The number of nitrogens with one attached hydrogen (secondary N) is 5. The van der Waals surface area contributed by atoms with Gasteiger partial charge in [0.05, 0.1) is 24.2 Å². The fraction of sp³-hybridized carbons (Fsp3) is 0.235. The highest BCUT2D eigenvalue weighted by molar-refractivity contribution is 6.07. The Morgan fingerprint density at radius 2 is 1.71 bits per heavy atom. The number of amides is 2. The molecular weight excluding hydrogens is 366 g/mol. The Balaban J connectivity index is 1.74. The number of aromatic nitrogens is 5. The lowest BCUT2D eigenvalue weighted by Crippen LogP contribution is -2.16. The number of hydrogen-bond acceptors (Lipinski definition) is 6. The van der Waals surface area contributed by atoms with Crippen LogP contribution in [0, 0.1) is 20.8 Å². The molecule has 0 radical (unpaired) electrons. The number of H-pyrrole nitrogens is 3. The smallest absolute Gasteiger partial charge is 0.374 e. The molecule has 11 nitrogen and oxygen atoms in total. The molecule has 2 amide bonds. The van der Waals surface area contributed by atoms with E-state index < -0.39 is 17.8 Å². The van der Waals surface area contributed by atoms with Gasteiger partial charge in [-0.2, -0.15) is 0 Å². The molecule has 3 rings (SSSR count). The Kier molecular flexibility index (Phi) is 4.98. The van der Waals surface area contributed by atoms with Crippen molar-refractivity contribution in [2.75, 3.05) is 17.7 Å². The van der Waals surface area contributed by atoms with Crippen LogP contribution in [0.25, 0.3) is 0 Å². The normalized spacial score (nSPS) is 10.6. The Hall–Kier alpha value is -3.89. The number of carbonyl (C=O) groups excluding carboxylic acids is 3. The fourth-order valence-corrected chi connectivity index (χ4v) is 2.52. The summed E-state index contributed by atoms with van der Waals surface area (Å²) in [5.41, 5.74) is 2.41. The lowest BCUT2D eigenvalue weighted by molar-refractivity contribution is 0.0587. The van der Waals surface area contributed by atoms with Crippen molar-refractivity contribution in [2.24, 2.45) is 0 Å². The van der Waals surface area contributed by atoms with E-state index in [2.05, 4.69) is 40.3 Å². The molecule has 0 unspecified atom stereocenters. The lowest BCUT2D eigenvalue weighted by atomic mass is 10.2. The maximum atomic E-state index is 12.6. The third kappa shape index (κ3) is 3.63. The minimum Gasteiger partial charge on any atom is -0.463 e. The highest BCUT2D eigenvalue weighted by Gasteiger charge is 2.20. The third-order valence-electron chi connectivity index (χ3n) is 4.03. The molecule has 3 aromatic rings. The van der Waals surface area contributed by atoms with Crippen LogP contribution < -0.4 is 10.6 Å². The molecular formula is C17H19N7O4. The number of carbonyl (C=O) groups is 3. The van der Waals surface area contributed by atoms with E-state index in [0.717, 1.165) is 0 Å². The van der Waals surface area contributed by atoms with Gasteiger partial charge in [-0.25, -0.2) is 14.8 Å². The predicted molar refractivity (Wildman–Crippen MR) is 99.4 cm³/mol. The number of esters is 1. The van der Waals surface area contributed by atoms with Crippen LogP contribution in [-0.4, -0.2) is 49.8 Å². The molecule has 0 fully saturated rings. The first-order valence-electron chi connectivity index (χ1n) is 8.27. The van der Waals surface area contributed by atoms with Gasteiger partial charge < -0.3 is 30.3 Å². The number of hydrogen-bond donors (Lipinski definition) is 5. The van der Waals surface area contributed by atoms with E-state index in [1.165, 1.54) is 13.3 Å². The first-order chi connectivity index (χ1) is 13.3. The van der Waals surface area contributed by atoms with Gasteiger partial charge in [-0.05, 0) is 20.8 Å². The lowest BCUT2D eigenvalue weighted by Gasteiger charge is -2.04. The van der Waals surface area contributed by atoms with Crippen molar-refractivity contribution in [3.63, 3.8) is 0 Å². The van der Waals surface area contributed by atoms with Gasteiger partial charge in [-0.15, -0.1) is 0 Å². The van der Waals surface area contributed by atoms with Gasteiger partial charge in [0.25, 0.3) is 11.8 Å². The van der Waals surface area contributed by atoms with E-state index in [0.29, 0.717) is 22.6 Å². The van der Waals surface area contributed by atoms with Crippen molar-refractivity contribution in [1.82, 2.24) is 24.9 Å². The van der Waals surface area contributed by atoms with Crippen LogP contribution in [0.3, 0.4) is 0 Å². The number of nitrogens with zero attached hydrogens (tertiary/aromatic N) is 2. The number of ether oxygens (including phenoxy) is 1. The van der Waals surface area contributed by atoms with E-state index in [4.69, 9.17) is 0 Å². The molecule has 0 saturated heterocycles. The summed E-state index contributed by atoms with van der Waals surface area (Å²) in [5, 5.41) is 5.31. The van der Waals surface area contributed by atoms with Gasteiger partial charge in [0, 0.05) is 18.0 Å². The summed E-state index contributed by atoms with van der Waals surface area (Å²) in [7, 11) is 1.24. The zero-order valence-corrected chi connectivity index (χ0v) is 15.7. The highest BCUT2D eigenvalue weighted by atomic mass is 16.5. The number of anilines is 2. The molecule has 28 heavy (non-hydrogen) atoms. The summed E-state index contributed by atoms with van der Waals surface area (Å²) in [4.78, 5) is 52.7. The SMILES string of the molecule is COC(=O)c1nc(NC(=O)c2[nH]cc(NC(=O)c3nc(C)c[nH]3)c2C)c(C)[nH]1. The summed E-state index contributed by atoms with van der Waals surface area (Å²) in [6, 6.07) is 0. The summed E-state index contributed by atoms with van der Waals surface area (Å²) < 4.78 is 4.59. The van der Waals surface area contributed by atoms with Crippen LogP contribution in [0.15, 0.2) is 12.4 Å². The first kappa shape index (κ1) is 18.9. The summed E-state index contributed by atoms with van der Waals surface area (Å²) >= 11 is 0. The number of methoxy groups -OCH3 is 1. The van der Waals surface area contributed by atoms with Crippen molar-refractivity contribution >= 4 is 29.3 Å². The molecule has 3 aromatic heterocycles. The van der Waals surface area contributed by atoms with Gasteiger partial charge in [0.15, 0.2) is 11.6 Å². The van der Waals surface area contributed by atoms with E-state index in [1.807, 2.05) is 0 Å². The number of aromatic amines is 3. The van der Waals surface area contributed by atoms with Gasteiger partial charge in [-0.3, -0.25) is 9.59 Å². The molecule has 0 aromatic carbocycles. The van der Waals surface area contributed by atoms with Gasteiger partial charge in [-0.1, -0.05) is 0 Å². The fourth-order valence-electron chi connectivity index (χ4n) is 2.52. The Morgan fingerprint density at radius 1 is 0.964 bits per heavy atom. The Labute approximate surface area is 159 Å². The molecule has 0 aliphatic carbocycles. The monoisotopic (exact) mass is 385 g/mol. The Morgan fingerprint density at radius 3 is 2.36 bits per heavy atom. The number of aryl methyl sites for hydroxylation is 2. The molecule has 3 heterocycles. The summed E-state index contributed by atoms with van der Waals surface area (Å²) in [6.07, 6.45) is 3.13. The van der Waals surface area contributed by atoms with E-state index in [1.54, 1.807) is 27.0 Å². The van der Waals surface area contributed by atoms with Crippen LogP contribution in [-0.2, 0) is 4.74 Å². The van der Waals surface area contributed by atoms with Crippen molar-refractivity contribution in [2.45, 2.75) is 20.8 Å². The van der Waals surface area contributed by atoms with Crippen molar-refractivity contribution in [3.05, 3.63) is 46.7 Å². The summed E-state index contributed by atoms with van der Waals surface area (Å²) in [5.74, 6) is -1.17. The van der Waals surface area contributed by atoms with Gasteiger partial charge in [0.1, 0.15) is 5.69 Å². The number of imidazole rings is 2. The topological polar surface area (TPSA) is 158 Å². The zero-order valence-electron chi connectivity index (χ0n) is 15.7. The third-order valence-corrected chi connectivity index (χ3v) is 4.03. The van der Waals surface area contributed by atoms with Gasteiger partial charge in [0.2, 0.25) is 5.82 Å². The molecule has 0 atom stereocenters. The average molecular weight is 385 g/mol. The minimum atomic E-state index is -0.641. The van der Waals surface area contributed by atoms with Crippen LogP contribution >= 0.6 is 0 Å². The minimum absolute atomic E-state index is 0.0137. The summed E-state index contributed by atoms with van der Waals surface area (Å²) in [6.45, 7) is 5.11. The average Bonchev–Trinajstić information content (AvgIpc) is 3.35. The van der Waals surface area contributed by atoms with Crippen LogP contribution in [0.2, 0.25) is 0 Å².